The third kappa shape index (κ3) is 3.31. The first-order chi connectivity index (χ1) is 9.49. The molecular formula is C16H24N2O2. The van der Waals surface area contributed by atoms with Crippen LogP contribution in [0.2, 0.25) is 0 Å². The predicted octanol–water partition coefficient (Wildman–Crippen LogP) is 1.99. The van der Waals surface area contributed by atoms with E-state index in [4.69, 9.17) is 0 Å². The maximum Gasteiger partial charge on any atom is 0.253 e. The number of hydrogen-bond acceptors (Lipinski definition) is 3. The van der Waals surface area contributed by atoms with Crippen LogP contribution in [0.3, 0.4) is 0 Å². The van der Waals surface area contributed by atoms with Crippen molar-refractivity contribution >= 4 is 11.6 Å². The van der Waals surface area contributed by atoms with Gasteiger partial charge in [-0.3, -0.25) is 4.79 Å². The minimum Gasteiger partial charge on any atom is -0.393 e. The van der Waals surface area contributed by atoms with E-state index < -0.39 is 0 Å². The van der Waals surface area contributed by atoms with Crippen LogP contribution in [0.25, 0.3) is 0 Å². The number of hydrogen-bond donors (Lipinski definition) is 1. The number of aliphatic hydroxyl groups is 1. The van der Waals surface area contributed by atoms with E-state index in [-0.39, 0.29) is 12.0 Å². The lowest BCUT2D eigenvalue weighted by molar-refractivity contribution is 0.0521. The van der Waals surface area contributed by atoms with Gasteiger partial charge in [0.05, 0.1) is 6.10 Å². The Labute approximate surface area is 121 Å². The monoisotopic (exact) mass is 276 g/mol. The van der Waals surface area contributed by atoms with E-state index in [0.29, 0.717) is 5.92 Å². The van der Waals surface area contributed by atoms with E-state index in [1.165, 1.54) is 0 Å². The van der Waals surface area contributed by atoms with Crippen molar-refractivity contribution in [1.82, 2.24) is 4.90 Å². The van der Waals surface area contributed by atoms with Crippen LogP contribution in [0.1, 0.15) is 30.1 Å². The fraction of sp³-hybridized carbons (Fsp3) is 0.562. The number of benzene rings is 1. The number of carbonyl (C=O) groups is 1. The Bertz CT molecular complexity index is 446. The summed E-state index contributed by atoms with van der Waals surface area (Å²) in [5.74, 6) is 0.425. The molecule has 4 heteroatoms. The second kappa shape index (κ2) is 6.27. The Kier molecular flexibility index (Phi) is 4.65. The van der Waals surface area contributed by atoms with Gasteiger partial charge in [0.1, 0.15) is 0 Å². The largest absolute Gasteiger partial charge is 0.393 e. The number of likely N-dealkylation sites (tertiary alicyclic amines) is 1. The Morgan fingerprint density at radius 2 is 1.80 bits per heavy atom. The summed E-state index contributed by atoms with van der Waals surface area (Å²) < 4.78 is 0. The molecule has 1 unspecified atom stereocenters. The van der Waals surface area contributed by atoms with E-state index in [0.717, 1.165) is 37.2 Å². The molecule has 110 valence electrons. The molecule has 1 amide bonds. The molecule has 0 bridgehead atoms. The van der Waals surface area contributed by atoms with Crippen molar-refractivity contribution in [2.45, 2.75) is 25.9 Å². The second-order valence-electron chi connectivity index (χ2n) is 5.81. The highest BCUT2D eigenvalue weighted by Gasteiger charge is 2.25. The Morgan fingerprint density at radius 3 is 2.25 bits per heavy atom. The molecule has 0 aromatic heterocycles. The van der Waals surface area contributed by atoms with Crippen molar-refractivity contribution in [2.24, 2.45) is 5.92 Å². The molecule has 1 aromatic carbocycles. The fourth-order valence-corrected chi connectivity index (χ4v) is 2.67. The van der Waals surface area contributed by atoms with Gasteiger partial charge in [0.25, 0.3) is 5.91 Å². The van der Waals surface area contributed by atoms with E-state index in [1.807, 2.05) is 55.1 Å². The lowest BCUT2D eigenvalue weighted by Gasteiger charge is -2.33. The van der Waals surface area contributed by atoms with Gasteiger partial charge in [-0.2, -0.15) is 0 Å². The normalized spacial score (nSPS) is 17.9. The van der Waals surface area contributed by atoms with Gasteiger partial charge in [-0.25, -0.2) is 0 Å². The first-order valence-electron chi connectivity index (χ1n) is 7.23. The standard InChI is InChI=1S/C16H24N2O2/c1-12(19)13-8-10-18(11-9-13)16(20)14-4-6-15(7-5-14)17(2)3/h4-7,12-13,19H,8-11H2,1-3H3. The lowest BCUT2D eigenvalue weighted by atomic mass is 9.92. The summed E-state index contributed by atoms with van der Waals surface area (Å²) in [5, 5.41) is 9.59. The SMILES string of the molecule is CC(O)C1CCN(C(=O)c2ccc(N(C)C)cc2)CC1. The zero-order valence-corrected chi connectivity index (χ0v) is 12.5. The molecule has 0 radical (unpaired) electrons. The van der Waals surface area contributed by atoms with Crippen LogP contribution in [-0.4, -0.2) is 49.2 Å². The van der Waals surface area contributed by atoms with E-state index >= 15 is 0 Å². The van der Waals surface area contributed by atoms with Gasteiger partial charge in [0.15, 0.2) is 0 Å². The average molecular weight is 276 g/mol. The van der Waals surface area contributed by atoms with Crippen LogP contribution >= 0.6 is 0 Å². The summed E-state index contributed by atoms with van der Waals surface area (Å²) in [6, 6.07) is 7.71. The first-order valence-corrected chi connectivity index (χ1v) is 7.23. The number of aliphatic hydroxyl groups excluding tert-OH is 1. The van der Waals surface area contributed by atoms with Crippen molar-refractivity contribution in [2.75, 3.05) is 32.1 Å². The predicted molar refractivity (Wildman–Crippen MR) is 81.1 cm³/mol. The summed E-state index contributed by atoms with van der Waals surface area (Å²) in [6.07, 6.45) is 1.50. The molecule has 1 aliphatic rings. The van der Waals surface area contributed by atoms with Gasteiger partial charge >= 0.3 is 0 Å². The van der Waals surface area contributed by atoms with Gasteiger partial charge in [-0.15, -0.1) is 0 Å². The van der Waals surface area contributed by atoms with Crippen LogP contribution < -0.4 is 4.90 Å². The summed E-state index contributed by atoms with van der Waals surface area (Å²) in [6.45, 7) is 3.32. The number of amides is 1. The van der Waals surface area contributed by atoms with Crippen molar-refractivity contribution in [1.29, 1.82) is 0 Å². The molecule has 1 heterocycles. The molecule has 2 rings (SSSR count). The lowest BCUT2D eigenvalue weighted by Crippen LogP contribution is -2.40. The molecule has 20 heavy (non-hydrogen) atoms. The number of nitrogens with zero attached hydrogens (tertiary/aromatic N) is 2. The van der Waals surface area contributed by atoms with Crippen LogP contribution in [0.5, 0.6) is 0 Å². The smallest absolute Gasteiger partial charge is 0.253 e. The quantitative estimate of drug-likeness (QED) is 0.918. The second-order valence-corrected chi connectivity index (χ2v) is 5.81. The highest BCUT2D eigenvalue weighted by molar-refractivity contribution is 5.94. The van der Waals surface area contributed by atoms with E-state index in [2.05, 4.69) is 0 Å². The molecule has 4 nitrogen and oxygen atoms in total. The molecular weight excluding hydrogens is 252 g/mol. The summed E-state index contributed by atoms with van der Waals surface area (Å²) in [4.78, 5) is 16.3. The van der Waals surface area contributed by atoms with Crippen molar-refractivity contribution < 1.29 is 9.90 Å². The van der Waals surface area contributed by atoms with Crippen molar-refractivity contribution in [3.8, 4) is 0 Å². The molecule has 1 fully saturated rings. The molecule has 1 aliphatic heterocycles. The topological polar surface area (TPSA) is 43.8 Å². The van der Waals surface area contributed by atoms with Gasteiger partial charge in [-0.1, -0.05) is 0 Å². The number of anilines is 1. The first kappa shape index (κ1) is 14.9. The van der Waals surface area contributed by atoms with Crippen LogP contribution in [0, 0.1) is 5.92 Å². The third-order valence-corrected chi connectivity index (χ3v) is 4.14. The van der Waals surface area contributed by atoms with E-state index in [9.17, 15) is 9.90 Å². The van der Waals surface area contributed by atoms with Crippen molar-refractivity contribution in [3.05, 3.63) is 29.8 Å². The third-order valence-electron chi connectivity index (χ3n) is 4.14. The molecule has 1 aromatic rings. The Balaban J connectivity index is 1.98. The number of piperidine rings is 1. The zero-order chi connectivity index (χ0) is 14.7. The van der Waals surface area contributed by atoms with Gasteiger partial charge in [-0.05, 0) is 49.9 Å². The fourth-order valence-electron chi connectivity index (χ4n) is 2.67. The zero-order valence-electron chi connectivity index (χ0n) is 12.5. The van der Waals surface area contributed by atoms with E-state index in [1.54, 1.807) is 0 Å². The Hall–Kier alpha value is -1.55. The van der Waals surface area contributed by atoms with Crippen LogP contribution in [0.15, 0.2) is 24.3 Å². The molecule has 1 N–H and O–H groups in total. The molecule has 1 saturated heterocycles. The van der Waals surface area contributed by atoms with Crippen LogP contribution in [0.4, 0.5) is 5.69 Å². The molecule has 0 aliphatic carbocycles. The highest BCUT2D eigenvalue weighted by atomic mass is 16.3. The summed E-state index contributed by atoms with van der Waals surface area (Å²) in [5.41, 5.74) is 1.83. The maximum absolute atomic E-state index is 12.4. The maximum atomic E-state index is 12.4. The Morgan fingerprint density at radius 1 is 1.25 bits per heavy atom. The summed E-state index contributed by atoms with van der Waals surface area (Å²) >= 11 is 0. The summed E-state index contributed by atoms with van der Waals surface area (Å²) in [7, 11) is 3.97. The van der Waals surface area contributed by atoms with Gasteiger partial charge in [0, 0.05) is 38.4 Å². The molecule has 0 spiro atoms. The van der Waals surface area contributed by atoms with Gasteiger partial charge in [0.2, 0.25) is 0 Å². The number of rotatable bonds is 3. The molecule has 1 atom stereocenters. The molecule has 0 saturated carbocycles. The minimum atomic E-state index is -0.272. The van der Waals surface area contributed by atoms with Gasteiger partial charge < -0.3 is 14.9 Å². The van der Waals surface area contributed by atoms with Crippen LogP contribution in [-0.2, 0) is 0 Å². The van der Waals surface area contributed by atoms with Crippen molar-refractivity contribution in [3.63, 3.8) is 0 Å². The minimum absolute atomic E-state index is 0.0966. The average Bonchev–Trinajstić information content (AvgIpc) is 2.46. The number of carbonyl (C=O) groups excluding carboxylic acids is 1. The highest BCUT2D eigenvalue weighted by Crippen LogP contribution is 2.22.